The topological polar surface area (TPSA) is 89.1 Å². The van der Waals surface area contributed by atoms with Gasteiger partial charge in [0.1, 0.15) is 11.6 Å². The van der Waals surface area contributed by atoms with Gasteiger partial charge in [-0.15, -0.1) is 5.10 Å². The van der Waals surface area contributed by atoms with E-state index in [1.54, 1.807) is 33.7 Å². The van der Waals surface area contributed by atoms with Crippen molar-refractivity contribution in [3.63, 3.8) is 0 Å². The molecule has 0 amide bonds. The van der Waals surface area contributed by atoms with Crippen LogP contribution < -0.4 is 16.2 Å². The zero-order valence-corrected chi connectivity index (χ0v) is 16.1. The van der Waals surface area contributed by atoms with Crippen LogP contribution in [0.2, 0.25) is 0 Å². The van der Waals surface area contributed by atoms with Crippen molar-refractivity contribution < 1.29 is 4.39 Å². The van der Waals surface area contributed by atoms with Crippen molar-refractivity contribution >= 4 is 17.4 Å². The number of pyridine rings is 3. The average Bonchev–Trinajstić information content (AvgIpc) is 3.35. The minimum atomic E-state index is -0.331. The summed E-state index contributed by atoms with van der Waals surface area (Å²) in [6, 6.07) is 12.0. The van der Waals surface area contributed by atoms with E-state index in [1.807, 2.05) is 18.2 Å². The van der Waals surface area contributed by atoms with Gasteiger partial charge < -0.3 is 10.6 Å². The summed E-state index contributed by atoms with van der Waals surface area (Å²) < 4.78 is 16.4. The second-order valence-corrected chi connectivity index (χ2v) is 7.39. The van der Waals surface area contributed by atoms with Crippen LogP contribution in [0.3, 0.4) is 0 Å². The molecule has 30 heavy (non-hydrogen) atoms. The SMILES string of the molecule is O=c1ccccn1-c1ccc(N[C@H]2CC[C@H](Nc3nc4cc(F)ccn4n3)C2)nc1. The van der Waals surface area contributed by atoms with E-state index in [1.165, 1.54) is 18.2 Å². The molecule has 0 radical (unpaired) electrons. The minimum Gasteiger partial charge on any atom is -0.367 e. The van der Waals surface area contributed by atoms with E-state index >= 15 is 0 Å². The lowest BCUT2D eigenvalue weighted by Crippen LogP contribution is -2.21. The summed E-state index contributed by atoms with van der Waals surface area (Å²) in [4.78, 5) is 20.7. The number of aromatic nitrogens is 5. The van der Waals surface area contributed by atoms with Crippen LogP contribution in [0, 0.1) is 5.82 Å². The average molecular weight is 405 g/mol. The second kappa shape index (κ2) is 7.58. The molecule has 152 valence electrons. The molecule has 0 spiro atoms. The van der Waals surface area contributed by atoms with Crippen LogP contribution in [-0.2, 0) is 0 Å². The molecule has 4 aromatic heterocycles. The quantitative estimate of drug-likeness (QED) is 0.531. The third-order valence-corrected chi connectivity index (χ3v) is 5.27. The van der Waals surface area contributed by atoms with Gasteiger partial charge in [0, 0.05) is 36.6 Å². The number of nitrogens with one attached hydrogen (secondary N) is 2. The lowest BCUT2D eigenvalue weighted by molar-refractivity contribution is 0.625. The molecule has 0 aromatic carbocycles. The van der Waals surface area contributed by atoms with Gasteiger partial charge in [-0.2, -0.15) is 4.98 Å². The Morgan fingerprint density at radius 2 is 1.90 bits per heavy atom. The van der Waals surface area contributed by atoms with Gasteiger partial charge in [0.25, 0.3) is 5.56 Å². The lowest BCUT2D eigenvalue weighted by atomic mass is 10.2. The Hall–Kier alpha value is -3.75. The first kappa shape index (κ1) is 18.3. The van der Waals surface area contributed by atoms with Crippen LogP contribution in [0.25, 0.3) is 11.3 Å². The van der Waals surface area contributed by atoms with Crippen LogP contribution >= 0.6 is 0 Å². The van der Waals surface area contributed by atoms with Crippen molar-refractivity contribution in [1.82, 2.24) is 24.1 Å². The first-order valence-corrected chi connectivity index (χ1v) is 9.83. The van der Waals surface area contributed by atoms with E-state index in [9.17, 15) is 9.18 Å². The Labute approximate surface area is 171 Å². The zero-order chi connectivity index (χ0) is 20.5. The van der Waals surface area contributed by atoms with Crippen molar-refractivity contribution in [1.29, 1.82) is 0 Å². The van der Waals surface area contributed by atoms with Gasteiger partial charge in [-0.05, 0) is 43.5 Å². The largest absolute Gasteiger partial charge is 0.367 e. The highest BCUT2D eigenvalue weighted by Crippen LogP contribution is 2.25. The lowest BCUT2D eigenvalue weighted by Gasteiger charge is -2.15. The van der Waals surface area contributed by atoms with E-state index in [4.69, 9.17) is 0 Å². The number of fused-ring (bicyclic) bond motifs is 1. The molecule has 1 aliphatic carbocycles. The highest BCUT2D eigenvalue weighted by Gasteiger charge is 2.25. The van der Waals surface area contributed by atoms with Gasteiger partial charge in [-0.3, -0.25) is 9.36 Å². The minimum absolute atomic E-state index is 0.0898. The van der Waals surface area contributed by atoms with E-state index in [0.29, 0.717) is 11.6 Å². The van der Waals surface area contributed by atoms with Crippen LogP contribution in [0.5, 0.6) is 0 Å². The maximum atomic E-state index is 13.3. The zero-order valence-electron chi connectivity index (χ0n) is 16.1. The summed E-state index contributed by atoms with van der Waals surface area (Å²) in [7, 11) is 0. The molecule has 1 fully saturated rings. The Morgan fingerprint density at radius 1 is 1.03 bits per heavy atom. The molecule has 0 aliphatic heterocycles. The summed E-state index contributed by atoms with van der Waals surface area (Å²) in [6.45, 7) is 0. The van der Waals surface area contributed by atoms with Crippen LogP contribution in [0.4, 0.5) is 16.2 Å². The molecule has 0 saturated heterocycles. The molecule has 2 N–H and O–H groups in total. The number of hydrogen-bond acceptors (Lipinski definition) is 6. The smallest absolute Gasteiger partial charge is 0.255 e. The van der Waals surface area contributed by atoms with E-state index in [-0.39, 0.29) is 23.5 Å². The van der Waals surface area contributed by atoms with Crippen molar-refractivity contribution in [2.24, 2.45) is 0 Å². The summed E-state index contributed by atoms with van der Waals surface area (Å²) in [5, 5.41) is 11.1. The van der Waals surface area contributed by atoms with E-state index in [2.05, 4.69) is 25.7 Å². The number of hydrogen-bond donors (Lipinski definition) is 2. The molecular weight excluding hydrogens is 385 g/mol. The standard InChI is InChI=1S/C21H20FN7O/c22-14-8-10-29-19(11-14)26-21(27-29)25-16-5-4-15(12-16)24-18-7-6-17(13-23-18)28-9-2-1-3-20(28)30/h1-3,6-11,13,15-16H,4-5,12H2,(H,23,24)(H,25,27)/t15-,16-/m0/s1. The molecule has 4 heterocycles. The fourth-order valence-electron chi connectivity index (χ4n) is 3.81. The predicted molar refractivity (Wildman–Crippen MR) is 111 cm³/mol. The molecule has 4 aromatic rings. The fraction of sp³-hybridized carbons (Fsp3) is 0.238. The molecule has 5 rings (SSSR count). The summed E-state index contributed by atoms with van der Waals surface area (Å²) >= 11 is 0. The highest BCUT2D eigenvalue weighted by atomic mass is 19.1. The predicted octanol–water partition coefficient (Wildman–Crippen LogP) is 2.86. The monoisotopic (exact) mass is 405 g/mol. The number of anilines is 2. The summed E-state index contributed by atoms with van der Waals surface area (Å²) in [6.07, 6.45) is 7.82. The molecule has 1 saturated carbocycles. The van der Waals surface area contributed by atoms with Crippen LogP contribution in [0.15, 0.2) is 65.8 Å². The molecule has 9 heteroatoms. The number of halogens is 1. The van der Waals surface area contributed by atoms with Gasteiger partial charge in [0.15, 0.2) is 5.65 Å². The van der Waals surface area contributed by atoms with Gasteiger partial charge in [0.2, 0.25) is 5.95 Å². The Kier molecular flexibility index (Phi) is 4.62. The molecule has 2 atom stereocenters. The third kappa shape index (κ3) is 3.73. The highest BCUT2D eigenvalue weighted by molar-refractivity contribution is 5.44. The molecule has 1 aliphatic rings. The van der Waals surface area contributed by atoms with Crippen LogP contribution in [0.1, 0.15) is 19.3 Å². The normalized spacial score (nSPS) is 18.6. The molecular formula is C21H20FN7O. The van der Waals surface area contributed by atoms with Crippen molar-refractivity contribution in [3.8, 4) is 5.69 Å². The molecule has 0 bridgehead atoms. The first-order valence-electron chi connectivity index (χ1n) is 9.83. The maximum absolute atomic E-state index is 13.3. The van der Waals surface area contributed by atoms with Gasteiger partial charge >= 0.3 is 0 Å². The van der Waals surface area contributed by atoms with Gasteiger partial charge in [-0.1, -0.05) is 6.07 Å². The van der Waals surface area contributed by atoms with E-state index < -0.39 is 0 Å². The first-order chi connectivity index (χ1) is 14.6. The van der Waals surface area contributed by atoms with Crippen LogP contribution in [-0.4, -0.2) is 36.2 Å². The van der Waals surface area contributed by atoms with Gasteiger partial charge in [0.05, 0.1) is 11.9 Å². The van der Waals surface area contributed by atoms with Crippen molar-refractivity contribution in [2.45, 2.75) is 31.3 Å². The summed E-state index contributed by atoms with van der Waals surface area (Å²) in [5.41, 5.74) is 1.12. The van der Waals surface area contributed by atoms with Crippen molar-refractivity contribution in [2.75, 3.05) is 10.6 Å². The third-order valence-electron chi connectivity index (χ3n) is 5.27. The Morgan fingerprint density at radius 3 is 2.70 bits per heavy atom. The molecule has 8 nitrogen and oxygen atoms in total. The van der Waals surface area contributed by atoms with E-state index in [0.717, 1.165) is 30.8 Å². The maximum Gasteiger partial charge on any atom is 0.255 e. The molecule has 0 unspecified atom stereocenters. The Bertz CT molecular complexity index is 1230. The fourth-order valence-corrected chi connectivity index (χ4v) is 3.81. The van der Waals surface area contributed by atoms with Gasteiger partial charge in [-0.25, -0.2) is 13.9 Å². The Balaban J connectivity index is 1.21. The number of nitrogens with zero attached hydrogens (tertiary/aromatic N) is 5. The summed E-state index contributed by atoms with van der Waals surface area (Å²) in [5.74, 6) is 0.944. The second-order valence-electron chi connectivity index (χ2n) is 7.39. The number of rotatable bonds is 5. The van der Waals surface area contributed by atoms with Crippen molar-refractivity contribution in [3.05, 3.63) is 77.2 Å².